The summed E-state index contributed by atoms with van der Waals surface area (Å²) in [5.74, 6) is -0.151. The summed E-state index contributed by atoms with van der Waals surface area (Å²) in [6.07, 6.45) is 3.61. The van der Waals surface area contributed by atoms with Crippen molar-refractivity contribution in [2.45, 2.75) is 33.9 Å². The first-order valence-corrected chi connectivity index (χ1v) is 9.64. The minimum atomic E-state index is -0.151. The van der Waals surface area contributed by atoms with Gasteiger partial charge < -0.3 is 5.32 Å². The number of rotatable bonds is 5. The third-order valence-electron chi connectivity index (χ3n) is 4.43. The van der Waals surface area contributed by atoms with Crippen molar-refractivity contribution in [3.05, 3.63) is 47.4 Å². The van der Waals surface area contributed by atoms with Crippen LogP contribution in [0, 0.1) is 13.8 Å². The van der Waals surface area contributed by atoms with E-state index in [1.54, 1.807) is 26.9 Å². The molecule has 27 heavy (non-hydrogen) atoms. The van der Waals surface area contributed by atoms with Gasteiger partial charge in [-0.15, -0.1) is 11.3 Å². The van der Waals surface area contributed by atoms with E-state index < -0.39 is 0 Å². The van der Waals surface area contributed by atoms with Crippen molar-refractivity contribution < 1.29 is 4.79 Å². The van der Waals surface area contributed by atoms with Gasteiger partial charge in [-0.05, 0) is 38.3 Å². The molecule has 0 radical (unpaired) electrons. The van der Waals surface area contributed by atoms with Gasteiger partial charge in [0, 0.05) is 29.4 Å². The fraction of sp³-hybridized carbons (Fsp3) is 0.263. The van der Waals surface area contributed by atoms with Crippen LogP contribution in [0.2, 0.25) is 0 Å². The van der Waals surface area contributed by atoms with Crippen molar-refractivity contribution in [1.82, 2.24) is 24.5 Å². The van der Waals surface area contributed by atoms with Crippen LogP contribution in [-0.4, -0.2) is 30.5 Å². The normalized spacial score (nSPS) is 11.2. The highest BCUT2D eigenvalue weighted by molar-refractivity contribution is 7.13. The van der Waals surface area contributed by atoms with E-state index in [4.69, 9.17) is 0 Å². The molecule has 8 heteroatoms. The van der Waals surface area contributed by atoms with Crippen molar-refractivity contribution in [2.75, 3.05) is 5.32 Å². The maximum absolute atomic E-state index is 12.6. The molecule has 0 aromatic carbocycles. The molecule has 0 aliphatic heterocycles. The van der Waals surface area contributed by atoms with Crippen LogP contribution in [0.4, 0.5) is 5.69 Å². The third kappa shape index (κ3) is 3.23. The Labute approximate surface area is 160 Å². The quantitative estimate of drug-likeness (QED) is 0.573. The van der Waals surface area contributed by atoms with E-state index in [0.717, 1.165) is 45.1 Å². The summed E-state index contributed by atoms with van der Waals surface area (Å²) >= 11 is 1.68. The molecular weight excluding hydrogens is 360 g/mol. The Balaban J connectivity index is 1.63. The number of hydrogen-bond acceptors (Lipinski definition) is 5. The summed E-state index contributed by atoms with van der Waals surface area (Å²) in [7, 11) is 0. The Hall–Kier alpha value is -3.00. The lowest BCUT2D eigenvalue weighted by atomic mass is 10.1. The van der Waals surface area contributed by atoms with Crippen LogP contribution in [0.25, 0.3) is 21.5 Å². The number of amides is 1. The number of nitrogens with zero attached hydrogens (tertiary/aromatic N) is 5. The lowest BCUT2D eigenvalue weighted by Gasteiger charge is -2.05. The van der Waals surface area contributed by atoms with Gasteiger partial charge in [0.05, 0.1) is 22.5 Å². The summed E-state index contributed by atoms with van der Waals surface area (Å²) in [4.78, 5) is 18.2. The second-order valence-corrected chi connectivity index (χ2v) is 7.26. The van der Waals surface area contributed by atoms with E-state index in [-0.39, 0.29) is 12.5 Å². The minimum absolute atomic E-state index is 0.0992. The molecule has 0 atom stereocenters. The van der Waals surface area contributed by atoms with Gasteiger partial charge in [0.2, 0.25) is 5.91 Å². The van der Waals surface area contributed by atoms with E-state index in [9.17, 15) is 4.79 Å². The number of thiophene rings is 1. The van der Waals surface area contributed by atoms with Crippen LogP contribution in [0.1, 0.15) is 18.3 Å². The van der Waals surface area contributed by atoms with Crippen LogP contribution >= 0.6 is 11.3 Å². The van der Waals surface area contributed by atoms with Crippen molar-refractivity contribution in [3.8, 4) is 10.4 Å². The zero-order chi connectivity index (χ0) is 19.0. The van der Waals surface area contributed by atoms with Crippen LogP contribution in [0.15, 0.2) is 36.0 Å². The predicted molar refractivity (Wildman–Crippen MR) is 107 cm³/mol. The molecule has 1 amide bonds. The Morgan fingerprint density at radius 2 is 2.07 bits per heavy atom. The SMILES string of the molecule is CCn1cc(NC(=O)Cn2nc(C)c3c(-c4cccs4)ccnc32)c(C)n1. The number of carbonyl (C=O) groups excluding carboxylic acids is 1. The molecule has 0 saturated heterocycles. The van der Waals surface area contributed by atoms with Crippen molar-refractivity contribution >= 4 is 34.0 Å². The number of carbonyl (C=O) groups is 1. The molecule has 0 spiro atoms. The van der Waals surface area contributed by atoms with Crippen LogP contribution in [0.5, 0.6) is 0 Å². The number of hydrogen-bond donors (Lipinski definition) is 1. The molecule has 4 aromatic heterocycles. The number of pyridine rings is 1. The molecule has 1 N–H and O–H groups in total. The fourth-order valence-electron chi connectivity index (χ4n) is 3.16. The molecule has 0 aliphatic rings. The first kappa shape index (κ1) is 17.4. The zero-order valence-corrected chi connectivity index (χ0v) is 16.2. The van der Waals surface area contributed by atoms with E-state index in [0.29, 0.717) is 0 Å². The topological polar surface area (TPSA) is 77.6 Å². The highest BCUT2D eigenvalue weighted by atomic mass is 32.1. The second-order valence-electron chi connectivity index (χ2n) is 6.31. The second kappa shape index (κ2) is 6.96. The average Bonchev–Trinajstić information content (AvgIpc) is 3.36. The third-order valence-corrected chi connectivity index (χ3v) is 5.34. The predicted octanol–water partition coefficient (Wildman–Crippen LogP) is 3.63. The Morgan fingerprint density at radius 1 is 1.22 bits per heavy atom. The summed E-state index contributed by atoms with van der Waals surface area (Å²) in [5, 5.41) is 14.9. The van der Waals surface area contributed by atoms with Crippen LogP contribution in [0.3, 0.4) is 0 Å². The molecule has 0 bridgehead atoms. The molecule has 0 fully saturated rings. The zero-order valence-electron chi connectivity index (χ0n) is 15.4. The van der Waals surface area contributed by atoms with Gasteiger partial charge in [-0.25, -0.2) is 9.67 Å². The van der Waals surface area contributed by atoms with E-state index >= 15 is 0 Å². The fourth-order valence-corrected chi connectivity index (χ4v) is 3.92. The largest absolute Gasteiger partial charge is 0.322 e. The van der Waals surface area contributed by atoms with E-state index in [1.807, 2.05) is 44.5 Å². The van der Waals surface area contributed by atoms with E-state index in [1.165, 1.54) is 0 Å². The Kier molecular flexibility index (Phi) is 4.49. The molecule has 0 unspecified atom stereocenters. The molecular formula is C19H20N6OS. The molecule has 0 aliphatic carbocycles. The van der Waals surface area contributed by atoms with Gasteiger partial charge in [0.25, 0.3) is 0 Å². The molecule has 7 nitrogen and oxygen atoms in total. The minimum Gasteiger partial charge on any atom is -0.322 e. The van der Waals surface area contributed by atoms with Crippen LogP contribution in [-0.2, 0) is 17.9 Å². The standard InChI is InChI=1S/C19H20N6OS/c1-4-24-10-15(12(2)22-24)21-17(26)11-25-19-18(13(3)23-25)14(7-8-20-19)16-6-5-9-27-16/h5-10H,4,11H2,1-3H3,(H,21,26). The molecule has 0 saturated carbocycles. The van der Waals surface area contributed by atoms with Gasteiger partial charge in [-0.2, -0.15) is 10.2 Å². The van der Waals surface area contributed by atoms with Crippen molar-refractivity contribution in [2.24, 2.45) is 0 Å². The monoisotopic (exact) mass is 380 g/mol. The number of fused-ring (bicyclic) bond motifs is 1. The maximum atomic E-state index is 12.6. The molecule has 4 rings (SSSR count). The van der Waals surface area contributed by atoms with E-state index in [2.05, 4.69) is 26.6 Å². The Morgan fingerprint density at radius 3 is 2.78 bits per heavy atom. The number of aryl methyl sites for hydroxylation is 3. The lowest BCUT2D eigenvalue weighted by molar-refractivity contribution is -0.116. The summed E-state index contributed by atoms with van der Waals surface area (Å²) in [5.41, 5.74) is 4.20. The summed E-state index contributed by atoms with van der Waals surface area (Å²) < 4.78 is 3.46. The van der Waals surface area contributed by atoms with Gasteiger partial charge in [-0.1, -0.05) is 6.07 Å². The highest BCUT2D eigenvalue weighted by Gasteiger charge is 2.17. The number of anilines is 1. The molecule has 4 aromatic rings. The van der Waals surface area contributed by atoms with Gasteiger partial charge in [0.1, 0.15) is 6.54 Å². The van der Waals surface area contributed by atoms with Crippen molar-refractivity contribution in [1.29, 1.82) is 0 Å². The smallest absolute Gasteiger partial charge is 0.246 e. The van der Waals surface area contributed by atoms with Gasteiger partial charge in [-0.3, -0.25) is 9.48 Å². The first-order valence-electron chi connectivity index (χ1n) is 8.76. The number of nitrogens with one attached hydrogen (secondary N) is 1. The summed E-state index contributed by atoms with van der Waals surface area (Å²) in [6, 6.07) is 6.10. The lowest BCUT2D eigenvalue weighted by Crippen LogP contribution is -2.20. The Bertz CT molecular complexity index is 1110. The average molecular weight is 380 g/mol. The van der Waals surface area contributed by atoms with Crippen molar-refractivity contribution in [3.63, 3.8) is 0 Å². The van der Waals surface area contributed by atoms with Gasteiger partial charge in [0.15, 0.2) is 5.65 Å². The molecule has 138 valence electrons. The summed E-state index contributed by atoms with van der Waals surface area (Å²) in [6.45, 7) is 6.69. The number of aromatic nitrogens is 5. The molecule has 4 heterocycles. The maximum Gasteiger partial charge on any atom is 0.246 e. The highest BCUT2D eigenvalue weighted by Crippen LogP contribution is 2.32. The van der Waals surface area contributed by atoms with Gasteiger partial charge >= 0.3 is 0 Å². The van der Waals surface area contributed by atoms with Crippen LogP contribution < -0.4 is 5.32 Å². The first-order chi connectivity index (χ1) is 13.1.